The van der Waals surface area contributed by atoms with Crippen LogP contribution in [0.4, 0.5) is 69.7 Å². The lowest BCUT2D eigenvalue weighted by Crippen LogP contribution is -2.66. The molecule has 0 bridgehead atoms. The molecule has 0 fully saturated rings. The number of benzene rings is 5. The van der Waals surface area contributed by atoms with Crippen molar-refractivity contribution >= 4 is 63.3 Å². The van der Waals surface area contributed by atoms with Gasteiger partial charge in [-0.25, -0.2) is 0 Å². The third-order valence-electron chi connectivity index (χ3n) is 12.0. The topological polar surface area (TPSA) is 3.24 Å². The summed E-state index contributed by atoms with van der Waals surface area (Å²) >= 11 is 0. The van der Waals surface area contributed by atoms with Gasteiger partial charge in [0.25, 0.3) is 0 Å². The standard InChI is InChI=1S/C40H25B2F12N/c1-18-8-5-9-19(2)32(18)41-26-12-7-13-27-34(26)55(30-16-24-22(14-28(30)41)35(43,44)39(51,52)37(24,47)48)31-17-25-23(36(45,46)40(53,54)38(25,49)50)15-29(31)42(27)33-20(3)10-6-11-21(33)4/h5-17H,1-4H3. The average Bonchev–Trinajstić information content (AvgIpc) is 3.28. The van der Waals surface area contributed by atoms with E-state index in [9.17, 15) is 0 Å². The van der Waals surface area contributed by atoms with Gasteiger partial charge >= 0.3 is 35.5 Å². The highest BCUT2D eigenvalue weighted by Crippen LogP contribution is 2.65. The van der Waals surface area contributed by atoms with Crippen LogP contribution in [0.25, 0.3) is 0 Å². The Balaban J connectivity index is 1.47. The number of anilines is 3. The summed E-state index contributed by atoms with van der Waals surface area (Å²) < 4.78 is 184. The van der Waals surface area contributed by atoms with Crippen LogP contribution in [0.3, 0.4) is 0 Å². The van der Waals surface area contributed by atoms with Gasteiger partial charge < -0.3 is 4.90 Å². The summed E-state index contributed by atoms with van der Waals surface area (Å²) in [5, 5.41) is 0. The number of hydrogen-bond acceptors (Lipinski definition) is 1. The minimum atomic E-state index is -5.87. The molecule has 5 aromatic carbocycles. The molecule has 0 aromatic heterocycles. The molecule has 0 amide bonds. The largest absolute Gasteiger partial charge is 0.380 e. The number of fused-ring (bicyclic) bond motifs is 6. The second kappa shape index (κ2) is 10.5. The molecular formula is C40H25B2F12N. The number of rotatable bonds is 2. The number of hydrogen-bond donors (Lipinski definition) is 0. The smallest absolute Gasteiger partial charge is 0.313 e. The molecule has 280 valence electrons. The van der Waals surface area contributed by atoms with Crippen molar-refractivity contribution in [3.05, 3.63) is 123 Å². The molecule has 1 nitrogen and oxygen atoms in total. The Bertz CT molecular complexity index is 2340. The zero-order valence-electron chi connectivity index (χ0n) is 29.1. The predicted molar refractivity (Wildman–Crippen MR) is 188 cm³/mol. The van der Waals surface area contributed by atoms with Crippen LogP contribution in [0, 0.1) is 27.7 Å². The average molecular weight is 769 g/mol. The molecule has 9 rings (SSSR count). The summed E-state index contributed by atoms with van der Waals surface area (Å²) in [5.41, 5.74) is -3.56. The lowest BCUT2D eigenvalue weighted by Gasteiger charge is -2.45. The maximum atomic E-state index is 15.6. The van der Waals surface area contributed by atoms with Crippen molar-refractivity contribution in [3.63, 3.8) is 0 Å². The number of halogens is 12. The molecule has 0 N–H and O–H groups in total. The minimum Gasteiger partial charge on any atom is -0.313 e. The Kier molecular flexibility index (Phi) is 6.86. The lowest BCUT2D eigenvalue weighted by atomic mass is 9.29. The van der Waals surface area contributed by atoms with Gasteiger partial charge in [-0.05, 0) is 61.7 Å². The van der Waals surface area contributed by atoms with E-state index in [1.54, 1.807) is 82.3 Å². The van der Waals surface area contributed by atoms with Crippen LogP contribution in [0.5, 0.6) is 0 Å². The van der Waals surface area contributed by atoms with E-state index in [4.69, 9.17) is 0 Å². The van der Waals surface area contributed by atoms with Gasteiger partial charge in [-0.15, -0.1) is 0 Å². The van der Waals surface area contributed by atoms with E-state index < -0.39 is 82.6 Å². The number of para-hydroxylation sites is 1. The summed E-state index contributed by atoms with van der Waals surface area (Å²) in [6, 6.07) is 17.2. The fraction of sp³-hybridized carbons (Fsp3) is 0.250. The van der Waals surface area contributed by atoms with Crippen LogP contribution in [-0.2, 0) is 23.7 Å². The molecule has 0 saturated heterocycles. The first-order chi connectivity index (χ1) is 25.5. The van der Waals surface area contributed by atoms with Crippen molar-refractivity contribution in [3.8, 4) is 0 Å². The van der Waals surface area contributed by atoms with E-state index in [-0.39, 0.29) is 16.6 Å². The summed E-state index contributed by atoms with van der Waals surface area (Å²) in [6.07, 6.45) is 0. The predicted octanol–water partition coefficient (Wildman–Crippen LogP) is 7.71. The molecule has 2 heterocycles. The van der Waals surface area contributed by atoms with Crippen molar-refractivity contribution in [2.24, 2.45) is 0 Å². The van der Waals surface area contributed by atoms with Crippen LogP contribution < -0.4 is 37.7 Å². The van der Waals surface area contributed by atoms with E-state index in [0.29, 0.717) is 68.4 Å². The highest BCUT2D eigenvalue weighted by molar-refractivity contribution is 7.02. The number of nitrogens with zero attached hydrogens (tertiary/aromatic N) is 1. The maximum absolute atomic E-state index is 15.6. The summed E-state index contributed by atoms with van der Waals surface area (Å²) in [5.74, 6) is -33.3. The first kappa shape index (κ1) is 35.9. The maximum Gasteiger partial charge on any atom is 0.380 e. The molecule has 0 unspecified atom stereocenters. The first-order valence-corrected chi connectivity index (χ1v) is 17.2. The minimum absolute atomic E-state index is 0.155. The van der Waals surface area contributed by atoms with E-state index in [1.165, 1.54) is 0 Å². The third-order valence-corrected chi connectivity index (χ3v) is 12.0. The van der Waals surface area contributed by atoms with Gasteiger partial charge in [0.1, 0.15) is 0 Å². The van der Waals surface area contributed by atoms with Gasteiger partial charge in [-0.3, -0.25) is 0 Å². The highest BCUT2D eigenvalue weighted by atomic mass is 19.4. The SMILES string of the molecule is Cc1cccc(C)c1B1c2cc3c(cc2N2c4cc5c(cc4B(c4c(C)cccc4C)c4cccc1c42)C(F)(F)C(F)(F)C5(F)F)C(F)(F)C(F)(F)C3(F)F. The van der Waals surface area contributed by atoms with E-state index >= 15 is 52.7 Å². The van der Waals surface area contributed by atoms with Crippen molar-refractivity contribution < 1.29 is 52.7 Å². The van der Waals surface area contributed by atoms with E-state index in [2.05, 4.69) is 0 Å². The first-order valence-electron chi connectivity index (χ1n) is 17.2. The van der Waals surface area contributed by atoms with E-state index in [1.807, 2.05) is 0 Å². The Morgan fingerprint density at radius 1 is 0.400 bits per heavy atom. The van der Waals surface area contributed by atoms with Gasteiger partial charge in [0, 0.05) is 39.3 Å². The molecule has 0 radical (unpaired) electrons. The van der Waals surface area contributed by atoms with Gasteiger partial charge in [0.05, 0.1) is 0 Å². The zero-order chi connectivity index (χ0) is 39.7. The zero-order valence-corrected chi connectivity index (χ0v) is 29.1. The van der Waals surface area contributed by atoms with E-state index in [0.717, 1.165) is 4.90 Å². The molecule has 5 aromatic rings. The Morgan fingerprint density at radius 2 is 0.691 bits per heavy atom. The summed E-state index contributed by atoms with van der Waals surface area (Å²) in [7, 11) is 0. The fourth-order valence-electron chi connectivity index (χ4n) is 9.37. The lowest BCUT2D eigenvalue weighted by molar-refractivity contribution is -0.302. The van der Waals surface area contributed by atoms with Gasteiger partial charge in [0.2, 0.25) is 13.4 Å². The second-order valence-corrected chi connectivity index (χ2v) is 15.0. The fourth-order valence-corrected chi connectivity index (χ4v) is 9.37. The van der Waals surface area contributed by atoms with Crippen LogP contribution in [-0.4, -0.2) is 25.3 Å². The summed E-state index contributed by atoms with van der Waals surface area (Å²) in [6.45, 7) is 4.69. The normalized spacial score (nSPS) is 20.8. The van der Waals surface area contributed by atoms with Crippen molar-refractivity contribution in [2.45, 2.75) is 63.2 Å². The molecule has 2 aliphatic heterocycles. The molecule has 0 spiro atoms. The molecule has 0 atom stereocenters. The molecule has 4 aliphatic rings. The van der Waals surface area contributed by atoms with Gasteiger partial charge in [-0.2, -0.15) is 52.7 Å². The van der Waals surface area contributed by atoms with Crippen molar-refractivity contribution in [1.82, 2.24) is 0 Å². The summed E-state index contributed by atoms with van der Waals surface area (Å²) in [4.78, 5) is 1.11. The molecule has 2 aliphatic carbocycles. The molecule has 15 heteroatoms. The van der Waals surface area contributed by atoms with Crippen molar-refractivity contribution in [1.29, 1.82) is 0 Å². The Morgan fingerprint density at radius 3 is 1.02 bits per heavy atom. The van der Waals surface area contributed by atoms with Crippen molar-refractivity contribution in [2.75, 3.05) is 4.90 Å². The molecule has 0 saturated carbocycles. The Hall–Kier alpha value is -4.81. The Labute approximate surface area is 307 Å². The van der Waals surface area contributed by atoms with Crippen LogP contribution in [0.1, 0.15) is 44.5 Å². The van der Waals surface area contributed by atoms with Crippen LogP contribution in [0.2, 0.25) is 0 Å². The second-order valence-electron chi connectivity index (χ2n) is 15.0. The van der Waals surface area contributed by atoms with Crippen LogP contribution in [0.15, 0.2) is 78.9 Å². The van der Waals surface area contributed by atoms with Gasteiger partial charge in [-0.1, -0.05) is 99.9 Å². The monoisotopic (exact) mass is 769 g/mol. The third kappa shape index (κ3) is 4.01. The van der Waals surface area contributed by atoms with Crippen LogP contribution >= 0.6 is 0 Å². The quantitative estimate of drug-likeness (QED) is 0.129. The number of aryl methyl sites for hydroxylation is 4. The number of alkyl halides is 12. The van der Waals surface area contributed by atoms with Gasteiger partial charge in [0.15, 0.2) is 0 Å². The highest BCUT2D eigenvalue weighted by Gasteiger charge is 2.80. The molecular weight excluding hydrogens is 744 g/mol. The molecule has 55 heavy (non-hydrogen) atoms.